The van der Waals surface area contributed by atoms with Gasteiger partial charge < -0.3 is 5.11 Å². The van der Waals surface area contributed by atoms with E-state index in [-0.39, 0.29) is 12.4 Å². The van der Waals surface area contributed by atoms with Gasteiger partial charge >= 0.3 is 0 Å². The molecule has 1 aliphatic rings. The van der Waals surface area contributed by atoms with E-state index in [0.29, 0.717) is 19.1 Å². The number of aliphatic hydroxyl groups excluding tert-OH is 1. The first-order chi connectivity index (χ1) is 7.51. The van der Waals surface area contributed by atoms with Crippen LogP contribution in [-0.4, -0.2) is 67.3 Å². The Morgan fingerprint density at radius 1 is 1.25 bits per heavy atom. The molecule has 96 valence electrons. The third-order valence-electron chi connectivity index (χ3n) is 3.23. The minimum Gasteiger partial charge on any atom is -0.395 e. The predicted octanol–water partition coefficient (Wildman–Crippen LogP) is -0.275. The molecule has 0 saturated carbocycles. The van der Waals surface area contributed by atoms with Crippen molar-refractivity contribution in [2.45, 2.75) is 26.3 Å². The number of aliphatic hydroxyl groups is 1. The van der Waals surface area contributed by atoms with E-state index in [1.54, 1.807) is 0 Å². The van der Waals surface area contributed by atoms with Crippen molar-refractivity contribution in [1.29, 1.82) is 0 Å². The molecule has 0 aromatic rings. The van der Waals surface area contributed by atoms with Gasteiger partial charge in [0, 0.05) is 32.2 Å². The molecule has 5 nitrogen and oxygen atoms in total. The molecule has 0 radical (unpaired) electrons. The van der Waals surface area contributed by atoms with Crippen molar-refractivity contribution in [3.8, 4) is 0 Å². The summed E-state index contributed by atoms with van der Waals surface area (Å²) in [6.45, 7) is 6.68. The van der Waals surface area contributed by atoms with Crippen molar-refractivity contribution >= 4 is 10.0 Å². The zero-order chi connectivity index (χ0) is 12.2. The number of piperazine rings is 1. The van der Waals surface area contributed by atoms with Crippen LogP contribution in [0.3, 0.4) is 0 Å². The number of sulfonamides is 1. The lowest BCUT2D eigenvalue weighted by molar-refractivity contribution is 0.142. The van der Waals surface area contributed by atoms with Crippen LogP contribution >= 0.6 is 0 Å². The van der Waals surface area contributed by atoms with Crippen molar-refractivity contribution < 1.29 is 13.5 Å². The van der Waals surface area contributed by atoms with E-state index in [2.05, 4.69) is 18.7 Å². The van der Waals surface area contributed by atoms with Gasteiger partial charge in [0.2, 0.25) is 10.0 Å². The van der Waals surface area contributed by atoms with E-state index in [1.807, 2.05) is 0 Å². The third kappa shape index (κ3) is 3.41. The van der Waals surface area contributed by atoms with Gasteiger partial charge in [0.1, 0.15) is 0 Å². The summed E-state index contributed by atoms with van der Waals surface area (Å²) in [5, 5.41) is 8.69. The maximum Gasteiger partial charge on any atom is 0.216 e. The first kappa shape index (κ1) is 13.9. The van der Waals surface area contributed by atoms with E-state index in [1.165, 1.54) is 4.31 Å². The van der Waals surface area contributed by atoms with Crippen molar-refractivity contribution in [3.05, 3.63) is 0 Å². The zero-order valence-electron chi connectivity index (χ0n) is 10.1. The van der Waals surface area contributed by atoms with Crippen LogP contribution in [0.1, 0.15) is 20.3 Å². The van der Waals surface area contributed by atoms with Gasteiger partial charge in [-0.25, -0.2) is 8.42 Å². The Kier molecular flexibility index (Phi) is 5.17. The fraction of sp³-hybridized carbons (Fsp3) is 1.00. The SMILES string of the molecule is CCC(C)N1CCN(S(=O)(=O)CCO)CC1. The maximum atomic E-state index is 11.7. The lowest BCUT2D eigenvalue weighted by atomic mass is 10.2. The molecular weight excluding hydrogens is 228 g/mol. The largest absolute Gasteiger partial charge is 0.395 e. The Morgan fingerprint density at radius 2 is 1.81 bits per heavy atom. The highest BCUT2D eigenvalue weighted by molar-refractivity contribution is 7.89. The standard InChI is InChI=1S/C10H22N2O3S/c1-3-10(2)11-4-6-12(7-5-11)16(14,15)9-8-13/h10,13H,3-9H2,1-2H3. The second kappa shape index (κ2) is 5.95. The summed E-state index contributed by atoms with van der Waals surface area (Å²) in [6, 6.07) is 0.516. The van der Waals surface area contributed by atoms with Gasteiger partial charge in [-0.2, -0.15) is 4.31 Å². The first-order valence-electron chi connectivity index (χ1n) is 5.84. The molecule has 1 fully saturated rings. The molecule has 1 unspecified atom stereocenters. The summed E-state index contributed by atoms with van der Waals surface area (Å²) in [4.78, 5) is 2.31. The monoisotopic (exact) mass is 250 g/mol. The molecule has 0 aromatic carbocycles. The second-order valence-electron chi connectivity index (χ2n) is 4.23. The van der Waals surface area contributed by atoms with E-state index >= 15 is 0 Å². The molecule has 0 bridgehead atoms. The number of hydrogen-bond donors (Lipinski definition) is 1. The third-order valence-corrected chi connectivity index (χ3v) is 5.08. The molecule has 1 aliphatic heterocycles. The van der Waals surface area contributed by atoms with Gasteiger partial charge in [0.05, 0.1) is 12.4 Å². The average Bonchev–Trinajstić information content (AvgIpc) is 2.28. The van der Waals surface area contributed by atoms with Gasteiger partial charge in [-0.15, -0.1) is 0 Å². The molecule has 1 atom stereocenters. The summed E-state index contributed by atoms with van der Waals surface area (Å²) < 4.78 is 24.8. The molecule has 16 heavy (non-hydrogen) atoms. The highest BCUT2D eigenvalue weighted by Crippen LogP contribution is 2.11. The highest BCUT2D eigenvalue weighted by atomic mass is 32.2. The highest BCUT2D eigenvalue weighted by Gasteiger charge is 2.27. The van der Waals surface area contributed by atoms with Gasteiger partial charge in [-0.05, 0) is 13.3 Å². The normalized spacial score (nSPS) is 22.2. The van der Waals surface area contributed by atoms with Gasteiger partial charge in [0.25, 0.3) is 0 Å². The molecule has 1 rings (SSSR count). The molecule has 1 heterocycles. The Morgan fingerprint density at radius 3 is 2.25 bits per heavy atom. The minimum absolute atomic E-state index is 0.156. The lowest BCUT2D eigenvalue weighted by Crippen LogP contribution is -2.51. The van der Waals surface area contributed by atoms with Gasteiger partial charge in [-0.1, -0.05) is 6.92 Å². The van der Waals surface area contributed by atoms with Crippen LogP contribution in [0.15, 0.2) is 0 Å². The Balaban J connectivity index is 2.49. The fourth-order valence-electron chi connectivity index (χ4n) is 1.93. The Labute approximate surface area is 98.1 Å². The number of rotatable bonds is 5. The van der Waals surface area contributed by atoms with Crippen LogP contribution in [0.5, 0.6) is 0 Å². The molecular formula is C10H22N2O3S. The van der Waals surface area contributed by atoms with Crippen molar-refractivity contribution in [2.75, 3.05) is 38.5 Å². The van der Waals surface area contributed by atoms with E-state index in [4.69, 9.17) is 5.11 Å². The second-order valence-corrected chi connectivity index (χ2v) is 6.32. The molecule has 6 heteroatoms. The number of nitrogens with zero attached hydrogens (tertiary/aromatic N) is 2. The summed E-state index contributed by atoms with van der Waals surface area (Å²) in [6.07, 6.45) is 1.09. The maximum absolute atomic E-state index is 11.7. The Bertz CT molecular complexity index is 297. The van der Waals surface area contributed by atoms with Gasteiger partial charge in [-0.3, -0.25) is 4.90 Å². The first-order valence-corrected chi connectivity index (χ1v) is 7.45. The summed E-state index contributed by atoms with van der Waals surface area (Å²) in [5.74, 6) is -0.156. The molecule has 0 aliphatic carbocycles. The predicted molar refractivity (Wildman–Crippen MR) is 63.8 cm³/mol. The Hall–Kier alpha value is -0.170. The molecule has 1 saturated heterocycles. The molecule has 1 N–H and O–H groups in total. The quantitative estimate of drug-likeness (QED) is 0.729. The number of hydrogen-bond acceptors (Lipinski definition) is 4. The van der Waals surface area contributed by atoms with E-state index in [0.717, 1.165) is 19.5 Å². The molecule has 0 aromatic heterocycles. The fourth-order valence-corrected chi connectivity index (χ4v) is 3.13. The topological polar surface area (TPSA) is 60.9 Å². The molecule has 0 amide bonds. The van der Waals surface area contributed by atoms with Crippen LogP contribution in [0.2, 0.25) is 0 Å². The summed E-state index contributed by atoms with van der Waals surface area (Å²) >= 11 is 0. The lowest BCUT2D eigenvalue weighted by Gasteiger charge is -2.37. The van der Waals surface area contributed by atoms with Crippen LogP contribution in [0.25, 0.3) is 0 Å². The van der Waals surface area contributed by atoms with Crippen molar-refractivity contribution in [3.63, 3.8) is 0 Å². The summed E-state index contributed by atoms with van der Waals surface area (Å²) in [5.41, 5.74) is 0. The smallest absolute Gasteiger partial charge is 0.216 e. The van der Waals surface area contributed by atoms with E-state index < -0.39 is 10.0 Å². The zero-order valence-corrected chi connectivity index (χ0v) is 10.9. The van der Waals surface area contributed by atoms with Crippen LogP contribution in [0.4, 0.5) is 0 Å². The average molecular weight is 250 g/mol. The summed E-state index contributed by atoms with van der Waals surface area (Å²) in [7, 11) is -3.23. The van der Waals surface area contributed by atoms with Gasteiger partial charge in [0.15, 0.2) is 0 Å². The van der Waals surface area contributed by atoms with Crippen molar-refractivity contribution in [1.82, 2.24) is 9.21 Å². The van der Waals surface area contributed by atoms with Crippen LogP contribution < -0.4 is 0 Å². The van der Waals surface area contributed by atoms with Crippen molar-refractivity contribution in [2.24, 2.45) is 0 Å². The minimum atomic E-state index is -3.23. The molecule has 0 spiro atoms. The van der Waals surface area contributed by atoms with Crippen LogP contribution in [0, 0.1) is 0 Å². The van der Waals surface area contributed by atoms with Crippen LogP contribution in [-0.2, 0) is 10.0 Å². The van der Waals surface area contributed by atoms with E-state index in [9.17, 15) is 8.42 Å².